The molecule has 19 heavy (non-hydrogen) atoms. The third-order valence-corrected chi connectivity index (χ3v) is 3.39. The first-order valence-corrected chi connectivity index (χ1v) is 6.34. The number of rotatable bonds is 5. The normalized spacial score (nSPS) is 12.3. The van der Waals surface area contributed by atoms with Crippen LogP contribution in [0.2, 0.25) is 0 Å². The number of aryl methyl sites for hydroxylation is 3. The minimum Gasteiger partial charge on any atom is -0.481 e. The predicted molar refractivity (Wildman–Crippen MR) is 73.1 cm³/mol. The minimum atomic E-state index is -0.772. The molecular weight excluding hydrogens is 240 g/mol. The Morgan fingerprint density at radius 3 is 2.53 bits per heavy atom. The standard InChI is InChI=1S/C15H18N2O2/c1-11-3-5-12(6-4-11)14(15(18)19)8-7-13-9-10-16-17(13)2/h3-6,9-10,14H,7-8H2,1-2H3,(H,18,19). The van der Waals surface area contributed by atoms with Gasteiger partial charge in [-0.05, 0) is 31.4 Å². The van der Waals surface area contributed by atoms with Crippen molar-refractivity contribution in [2.24, 2.45) is 7.05 Å². The number of aliphatic carboxylic acids is 1. The van der Waals surface area contributed by atoms with Gasteiger partial charge in [-0.1, -0.05) is 29.8 Å². The van der Waals surface area contributed by atoms with E-state index in [1.54, 1.807) is 10.9 Å². The summed E-state index contributed by atoms with van der Waals surface area (Å²) in [6.45, 7) is 2.00. The second kappa shape index (κ2) is 5.69. The van der Waals surface area contributed by atoms with Crippen molar-refractivity contribution in [3.8, 4) is 0 Å². The third-order valence-electron chi connectivity index (χ3n) is 3.39. The summed E-state index contributed by atoms with van der Waals surface area (Å²) in [5.41, 5.74) is 3.05. The Kier molecular flexibility index (Phi) is 4.00. The van der Waals surface area contributed by atoms with Crippen LogP contribution in [0.1, 0.15) is 29.2 Å². The SMILES string of the molecule is Cc1ccc(C(CCc2ccnn2C)C(=O)O)cc1. The van der Waals surface area contributed by atoms with Crippen molar-refractivity contribution in [2.75, 3.05) is 0 Å². The molecule has 1 aromatic heterocycles. The number of hydrogen-bond acceptors (Lipinski definition) is 2. The lowest BCUT2D eigenvalue weighted by Gasteiger charge is -2.13. The van der Waals surface area contributed by atoms with Crippen LogP contribution in [0.5, 0.6) is 0 Å². The van der Waals surface area contributed by atoms with Crippen LogP contribution < -0.4 is 0 Å². The first kappa shape index (κ1) is 13.3. The van der Waals surface area contributed by atoms with E-state index < -0.39 is 11.9 Å². The molecule has 1 N–H and O–H groups in total. The molecule has 0 bridgehead atoms. The summed E-state index contributed by atoms with van der Waals surface area (Å²) in [5.74, 6) is -1.23. The van der Waals surface area contributed by atoms with Gasteiger partial charge >= 0.3 is 5.97 Å². The summed E-state index contributed by atoms with van der Waals surface area (Å²) >= 11 is 0. The van der Waals surface area contributed by atoms with E-state index in [1.165, 1.54) is 0 Å². The van der Waals surface area contributed by atoms with Crippen LogP contribution in [-0.2, 0) is 18.3 Å². The fourth-order valence-corrected chi connectivity index (χ4v) is 2.17. The molecule has 2 aromatic rings. The average molecular weight is 258 g/mol. The summed E-state index contributed by atoms with van der Waals surface area (Å²) in [6.07, 6.45) is 3.02. The van der Waals surface area contributed by atoms with Gasteiger partial charge in [0.1, 0.15) is 0 Å². The fourth-order valence-electron chi connectivity index (χ4n) is 2.17. The highest BCUT2D eigenvalue weighted by molar-refractivity contribution is 5.76. The van der Waals surface area contributed by atoms with Gasteiger partial charge in [0, 0.05) is 18.9 Å². The van der Waals surface area contributed by atoms with E-state index in [2.05, 4.69) is 5.10 Å². The zero-order valence-corrected chi connectivity index (χ0v) is 11.2. The molecule has 0 aliphatic rings. The quantitative estimate of drug-likeness (QED) is 0.896. The second-order valence-corrected chi connectivity index (χ2v) is 4.79. The van der Waals surface area contributed by atoms with Crippen molar-refractivity contribution >= 4 is 5.97 Å². The van der Waals surface area contributed by atoms with Gasteiger partial charge in [-0.15, -0.1) is 0 Å². The second-order valence-electron chi connectivity index (χ2n) is 4.79. The van der Waals surface area contributed by atoms with Crippen molar-refractivity contribution < 1.29 is 9.90 Å². The maximum Gasteiger partial charge on any atom is 0.310 e. The van der Waals surface area contributed by atoms with Gasteiger partial charge in [-0.2, -0.15) is 5.10 Å². The highest BCUT2D eigenvalue weighted by Gasteiger charge is 2.19. The van der Waals surface area contributed by atoms with Crippen LogP contribution in [-0.4, -0.2) is 20.9 Å². The Labute approximate surface area is 112 Å². The summed E-state index contributed by atoms with van der Waals surface area (Å²) in [5, 5.41) is 13.5. The molecule has 2 rings (SSSR count). The van der Waals surface area contributed by atoms with Gasteiger partial charge < -0.3 is 5.11 Å². The lowest BCUT2D eigenvalue weighted by atomic mass is 9.93. The molecule has 1 aromatic carbocycles. The number of carboxylic acids is 1. The number of aromatic nitrogens is 2. The highest BCUT2D eigenvalue weighted by Crippen LogP contribution is 2.22. The Morgan fingerprint density at radius 2 is 2.00 bits per heavy atom. The maximum absolute atomic E-state index is 11.4. The third kappa shape index (κ3) is 3.22. The molecule has 0 saturated carbocycles. The van der Waals surface area contributed by atoms with Gasteiger partial charge in [0.25, 0.3) is 0 Å². The Hall–Kier alpha value is -2.10. The van der Waals surface area contributed by atoms with E-state index in [9.17, 15) is 9.90 Å². The lowest BCUT2D eigenvalue weighted by Crippen LogP contribution is -2.13. The van der Waals surface area contributed by atoms with Crippen molar-refractivity contribution in [1.29, 1.82) is 0 Å². The van der Waals surface area contributed by atoms with E-state index in [4.69, 9.17) is 0 Å². The molecule has 1 atom stereocenters. The molecule has 1 heterocycles. The monoisotopic (exact) mass is 258 g/mol. The largest absolute Gasteiger partial charge is 0.481 e. The zero-order chi connectivity index (χ0) is 13.8. The Bertz CT molecular complexity index is 558. The first-order valence-electron chi connectivity index (χ1n) is 6.34. The highest BCUT2D eigenvalue weighted by atomic mass is 16.4. The van der Waals surface area contributed by atoms with Gasteiger partial charge in [0.2, 0.25) is 0 Å². The molecule has 100 valence electrons. The molecule has 0 amide bonds. The van der Waals surface area contributed by atoms with Crippen LogP contribution in [0.15, 0.2) is 36.5 Å². The Balaban J connectivity index is 2.11. The van der Waals surface area contributed by atoms with Gasteiger partial charge in [0.15, 0.2) is 0 Å². The molecule has 4 heteroatoms. The number of carbonyl (C=O) groups is 1. The van der Waals surface area contributed by atoms with Crippen LogP contribution in [0.25, 0.3) is 0 Å². The molecule has 0 aliphatic carbocycles. The molecule has 0 fully saturated rings. The molecule has 0 radical (unpaired) electrons. The van der Waals surface area contributed by atoms with Gasteiger partial charge in [-0.3, -0.25) is 9.48 Å². The van der Waals surface area contributed by atoms with Gasteiger partial charge in [-0.25, -0.2) is 0 Å². The summed E-state index contributed by atoms with van der Waals surface area (Å²) < 4.78 is 1.79. The average Bonchev–Trinajstić information content (AvgIpc) is 2.77. The summed E-state index contributed by atoms with van der Waals surface area (Å²) in [6, 6.07) is 9.63. The summed E-state index contributed by atoms with van der Waals surface area (Å²) in [7, 11) is 1.87. The van der Waals surface area contributed by atoms with E-state index in [0.29, 0.717) is 12.8 Å². The van der Waals surface area contributed by atoms with Crippen LogP contribution in [0.3, 0.4) is 0 Å². The Morgan fingerprint density at radius 1 is 1.32 bits per heavy atom. The lowest BCUT2D eigenvalue weighted by molar-refractivity contribution is -0.138. The molecule has 0 spiro atoms. The first-order chi connectivity index (χ1) is 9.08. The molecular formula is C15H18N2O2. The predicted octanol–water partition coefficient (Wildman–Crippen LogP) is 2.53. The van der Waals surface area contributed by atoms with Crippen molar-refractivity contribution in [2.45, 2.75) is 25.7 Å². The van der Waals surface area contributed by atoms with Crippen molar-refractivity contribution in [3.63, 3.8) is 0 Å². The fraction of sp³-hybridized carbons (Fsp3) is 0.333. The van der Waals surface area contributed by atoms with E-state index in [1.807, 2.05) is 44.3 Å². The van der Waals surface area contributed by atoms with Crippen LogP contribution in [0, 0.1) is 6.92 Å². The molecule has 0 saturated heterocycles. The zero-order valence-electron chi connectivity index (χ0n) is 11.2. The smallest absolute Gasteiger partial charge is 0.310 e. The molecule has 0 aliphatic heterocycles. The van der Waals surface area contributed by atoms with E-state index in [0.717, 1.165) is 16.8 Å². The van der Waals surface area contributed by atoms with Crippen LogP contribution in [0.4, 0.5) is 0 Å². The van der Waals surface area contributed by atoms with Gasteiger partial charge in [0.05, 0.1) is 5.92 Å². The number of benzene rings is 1. The van der Waals surface area contributed by atoms with Crippen LogP contribution >= 0.6 is 0 Å². The minimum absolute atomic E-state index is 0.463. The number of hydrogen-bond donors (Lipinski definition) is 1. The van der Waals surface area contributed by atoms with Crippen molar-refractivity contribution in [1.82, 2.24) is 9.78 Å². The summed E-state index contributed by atoms with van der Waals surface area (Å²) in [4.78, 5) is 11.4. The van der Waals surface area contributed by atoms with Crippen molar-refractivity contribution in [3.05, 3.63) is 53.3 Å². The topological polar surface area (TPSA) is 55.1 Å². The number of nitrogens with zero attached hydrogens (tertiary/aromatic N) is 2. The molecule has 4 nitrogen and oxygen atoms in total. The number of carboxylic acid groups (broad SMARTS) is 1. The maximum atomic E-state index is 11.4. The van der Waals surface area contributed by atoms with E-state index in [-0.39, 0.29) is 0 Å². The van der Waals surface area contributed by atoms with E-state index >= 15 is 0 Å². The molecule has 1 unspecified atom stereocenters.